The van der Waals surface area contributed by atoms with Gasteiger partial charge in [0, 0.05) is 5.69 Å². The number of guanidine groups is 1. The Kier molecular flexibility index (Phi) is 4.87. The molecule has 0 bridgehead atoms. The average molecular weight is 368 g/mol. The molecule has 0 spiro atoms. The van der Waals surface area contributed by atoms with Crippen LogP contribution in [0.25, 0.3) is 0 Å². The summed E-state index contributed by atoms with van der Waals surface area (Å²) in [6, 6.07) is 3.85. The van der Waals surface area contributed by atoms with Crippen LogP contribution in [0.15, 0.2) is 34.3 Å². The highest BCUT2D eigenvalue weighted by Gasteiger charge is 2.32. The monoisotopic (exact) mass is 368 g/mol. The molecule has 5 nitrogen and oxygen atoms in total. The highest BCUT2D eigenvalue weighted by atomic mass is 19.4. The summed E-state index contributed by atoms with van der Waals surface area (Å²) in [5, 5.41) is 4.95. The van der Waals surface area contributed by atoms with E-state index in [2.05, 4.69) is 25.4 Å². The number of aliphatic imine (C=N–C) groups is 2. The van der Waals surface area contributed by atoms with Crippen molar-refractivity contribution in [1.82, 2.24) is 5.32 Å². The van der Waals surface area contributed by atoms with Crippen LogP contribution in [0.2, 0.25) is 0 Å². The summed E-state index contributed by atoms with van der Waals surface area (Å²) < 4.78 is 79.4. The summed E-state index contributed by atoms with van der Waals surface area (Å²) in [5.74, 6) is -0.0866. The van der Waals surface area contributed by atoms with Gasteiger partial charge in [-0.05, 0) is 32.0 Å². The summed E-state index contributed by atoms with van der Waals surface area (Å²) in [5.41, 5.74) is -1.99. The predicted molar refractivity (Wildman–Crippen MR) is 79.2 cm³/mol. The first-order valence-electron chi connectivity index (χ1n) is 6.95. The first-order chi connectivity index (χ1) is 11.3. The summed E-state index contributed by atoms with van der Waals surface area (Å²) in [6.45, 7) is 1.43. The number of benzene rings is 1. The van der Waals surface area contributed by atoms with Crippen molar-refractivity contribution in [3.8, 4) is 0 Å². The molecule has 0 radical (unpaired) electrons. The number of halogens is 6. The van der Waals surface area contributed by atoms with Gasteiger partial charge in [-0.15, -0.1) is 0 Å². The molecule has 0 atom stereocenters. The van der Waals surface area contributed by atoms with E-state index in [1.165, 1.54) is 26.0 Å². The second kappa shape index (κ2) is 6.45. The molecule has 2 rings (SSSR count). The van der Waals surface area contributed by atoms with E-state index in [4.69, 9.17) is 0 Å². The molecular formula is C14H14F6N4O. The predicted octanol–water partition coefficient (Wildman–Crippen LogP) is 3.75. The molecule has 1 aliphatic rings. The van der Waals surface area contributed by atoms with Crippen LogP contribution in [0.5, 0.6) is 0 Å². The van der Waals surface area contributed by atoms with Crippen LogP contribution in [0, 0.1) is 0 Å². The summed E-state index contributed by atoms with van der Waals surface area (Å²) in [4.78, 5) is 7.90. The van der Waals surface area contributed by atoms with Crippen LogP contribution in [0.1, 0.15) is 19.4 Å². The standard InChI is InChI=1S/C14H14F6N4O/c1-12(2)23-10(22-11(24-12)25-7-13(15,16)17)21-9-5-3-4-8(6-9)14(18,19)20/h3-6H,7H2,1-2H3,(H2,21,22,23,24). The lowest BCUT2D eigenvalue weighted by Gasteiger charge is -2.26. The molecule has 0 saturated carbocycles. The number of anilines is 1. The van der Waals surface area contributed by atoms with Crippen molar-refractivity contribution in [2.75, 3.05) is 11.9 Å². The number of hydrogen-bond acceptors (Lipinski definition) is 5. The number of rotatable bonds is 2. The lowest BCUT2D eigenvalue weighted by Crippen LogP contribution is -2.45. The topological polar surface area (TPSA) is 58.0 Å². The van der Waals surface area contributed by atoms with E-state index in [-0.39, 0.29) is 11.6 Å². The van der Waals surface area contributed by atoms with Gasteiger partial charge in [0.25, 0.3) is 6.02 Å². The van der Waals surface area contributed by atoms with Gasteiger partial charge in [0.2, 0.25) is 5.96 Å². The average Bonchev–Trinajstić information content (AvgIpc) is 2.42. The van der Waals surface area contributed by atoms with Crippen molar-refractivity contribution in [2.24, 2.45) is 9.98 Å². The second-order valence-electron chi connectivity index (χ2n) is 5.60. The van der Waals surface area contributed by atoms with Crippen molar-refractivity contribution in [2.45, 2.75) is 31.9 Å². The fourth-order valence-electron chi connectivity index (χ4n) is 1.89. The highest BCUT2D eigenvalue weighted by molar-refractivity contribution is 6.05. The Morgan fingerprint density at radius 1 is 1.12 bits per heavy atom. The molecule has 138 valence electrons. The number of hydrogen-bond donors (Lipinski definition) is 2. The number of nitrogens with zero attached hydrogens (tertiary/aromatic N) is 2. The van der Waals surface area contributed by atoms with Gasteiger partial charge < -0.3 is 10.1 Å². The minimum Gasteiger partial charge on any atom is -0.455 e. The van der Waals surface area contributed by atoms with Crippen LogP contribution in [-0.2, 0) is 10.9 Å². The van der Waals surface area contributed by atoms with E-state index in [9.17, 15) is 26.3 Å². The molecule has 0 unspecified atom stereocenters. The van der Waals surface area contributed by atoms with Crippen LogP contribution in [-0.4, -0.2) is 30.4 Å². The Morgan fingerprint density at radius 3 is 2.40 bits per heavy atom. The van der Waals surface area contributed by atoms with E-state index in [1.54, 1.807) is 0 Å². The molecule has 1 heterocycles. The normalized spacial score (nSPS) is 17.3. The van der Waals surface area contributed by atoms with E-state index < -0.39 is 36.2 Å². The third-order valence-electron chi connectivity index (χ3n) is 2.81. The molecule has 1 aromatic carbocycles. The summed E-state index contributed by atoms with van der Waals surface area (Å²) in [6.07, 6.45) is -9.08. The van der Waals surface area contributed by atoms with Crippen molar-refractivity contribution in [3.05, 3.63) is 29.8 Å². The quantitative estimate of drug-likeness (QED) is 0.782. The van der Waals surface area contributed by atoms with Gasteiger partial charge >= 0.3 is 12.4 Å². The minimum atomic E-state index is -4.56. The largest absolute Gasteiger partial charge is 0.455 e. The van der Waals surface area contributed by atoms with Crippen LogP contribution in [0.4, 0.5) is 32.0 Å². The molecule has 0 fully saturated rings. The Balaban J connectivity index is 2.13. The summed E-state index contributed by atoms with van der Waals surface area (Å²) >= 11 is 0. The Morgan fingerprint density at radius 2 is 1.80 bits per heavy atom. The molecule has 1 aliphatic heterocycles. The van der Waals surface area contributed by atoms with Gasteiger partial charge in [-0.3, -0.25) is 5.32 Å². The molecule has 1 aromatic rings. The highest BCUT2D eigenvalue weighted by Crippen LogP contribution is 2.30. The van der Waals surface area contributed by atoms with Crippen LogP contribution >= 0.6 is 0 Å². The molecule has 25 heavy (non-hydrogen) atoms. The molecule has 11 heteroatoms. The van der Waals surface area contributed by atoms with E-state index >= 15 is 0 Å². The van der Waals surface area contributed by atoms with Crippen molar-refractivity contribution in [1.29, 1.82) is 0 Å². The molecule has 0 amide bonds. The van der Waals surface area contributed by atoms with Gasteiger partial charge in [-0.25, -0.2) is 9.98 Å². The number of amidine groups is 1. The first kappa shape index (κ1) is 18.9. The van der Waals surface area contributed by atoms with E-state index in [0.29, 0.717) is 0 Å². The molecular weight excluding hydrogens is 354 g/mol. The van der Waals surface area contributed by atoms with E-state index in [1.807, 2.05) is 0 Å². The third-order valence-corrected chi connectivity index (χ3v) is 2.81. The van der Waals surface area contributed by atoms with Crippen molar-refractivity contribution < 1.29 is 31.1 Å². The zero-order valence-corrected chi connectivity index (χ0v) is 13.1. The summed E-state index contributed by atoms with van der Waals surface area (Å²) in [7, 11) is 0. The molecule has 2 N–H and O–H groups in total. The maximum atomic E-state index is 12.7. The lowest BCUT2D eigenvalue weighted by molar-refractivity contribution is -0.156. The fourth-order valence-corrected chi connectivity index (χ4v) is 1.89. The maximum Gasteiger partial charge on any atom is 0.422 e. The Hall–Kier alpha value is -2.46. The second-order valence-corrected chi connectivity index (χ2v) is 5.60. The van der Waals surface area contributed by atoms with Gasteiger partial charge in [0.05, 0.1) is 5.56 Å². The van der Waals surface area contributed by atoms with Gasteiger partial charge in [0.1, 0.15) is 0 Å². The SMILES string of the molecule is CC1(C)N=C(Nc2cccc(C(F)(F)F)c2)NC(OCC(F)(F)F)=N1. The van der Waals surface area contributed by atoms with Crippen LogP contribution < -0.4 is 10.6 Å². The minimum absolute atomic E-state index is 0.0500. The Bertz CT molecular complexity index is 693. The number of alkyl halides is 6. The Labute approximate surface area is 138 Å². The van der Waals surface area contributed by atoms with E-state index in [0.717, 1.165) is 12.1 Å². The lowest BCUT2D eigenvalue weighted by atomic mass is 10.2. The van der Waals surface area contributed by atoms with Gasteiger partial charge in [-0.1, -0.05) is 6.07 Å². The molecule has 0 saturated heterocycles. The zero-order chi connectivity index (χ0) is 18.9. The first-order valence-corrected chi connectivity index (χ1v) is 6.95. The molecule has 0 aliphatic carbocycles. The maximum absolute atomic E-state index is 12.7. The third kappa shape index (κ3) is 5.84. The zero-order valence-electron chi connectivity index (χ0n) is 13.1. The van der Waals surface area contributed by atoms with Crippen molar-refractivity contribution >= 4 is 17.7 Å². The number of nitrogens with one attached hydrogen (secondary N) is 2. The molecule has 0 aromatic heterocycles. The van der Waals surface area contributed by atoms with Crippen LogP contribution in [0.3, 0.4) is 0 Å². The van der Waals surface area contributed by atoms with Crippen molar-refractivity contribution in [3.63, 3.8) is 0 Å². The van der Waals surface area contributed by atoms with Gasteiger partial charge in [-0.2, -0.15) is 26.3 Å². The fraction of sp³-hybridized carbons (Fsp3) is 0.429. The van der Waals surface area contributed by atoms with Gasteiger partial charge in [0.15, 0.2) is 12.3 Å². The smallest absolute Gasteiger partial charge is 0.422 e. The number of ether oxygens (including phenoxy) is 1.